The Labute approximate surface area is 243 Å². The van der Waals surface area contributed by atoms with Crippen molar-refractivity contribution in [3.05, 3.63) is 47.7 Å². The lowest BCUT2D eigenvalue weighted by molar-refractivity contribution is -0.168. The van der Waals surface area contributed by atoms with Crippen LogP contribution in [0.1, 0.15) is 57.8 Å². The number of nitrogens with zero attached hydrogens (tertiary/aromatic N) is 2. The number of pyridine rings is 1. The van der Waals surface area contributed by atoms with Crippen molar-refractivity contribution in [1.82, 2.24) is 26.1 Å². The number of cyclic esters (lactones) is 1. The summed E-state index contributed by atoms with van der Waals surface area (Å²) in [5.74, 6) is -3.38. The quantitative estimate of drug-likeness (QED) is 0.473. The highest BCUT2D eigenvalue weighted by Gasteiger charge is 2.42. The van der Waals surface area contributed by atoms with Gasteiger partial charge in [0.15, 0.2) is 6.10 Å². The Kier molecular flexibility index (Phi) is 9.55. The number of amides is 3. The normalized spacial score (nSPS) is 25.7. The summed E-state index contributed by atoms with van der Waals surface area (Å²) < 4.78 is 34.0. The number of rotatable bonds is 3. The summed E-state index contributed by atoms with van der Waals surface area (Å²) in [6.45, 7) is 4.01. The predicted octanol–water partition coefficient (Wildman–Crippen LogP) is 2.93. The molecule has 3 N–H and O–H groups in total. The number of esters is 1. The molecule has 2 aliphatic heterocycles. The van der Waals surface area contributed by atoms with Gasteiger partial charge in [0, 0.05) is 11.9 Å². The van der Waals surface area contributed by atoms with Gasteiger partial charge in [-0.05, 0) is 50.3 Å². The van der Waals surface area contributed by atoms with Crippen molar-refractivity contribution in [2.75, 3.05) is 19.9 Å². The van der Waals surface area contributed by atoms with Gasteiger partial charge in [-0.25, -0.2) is 14.2 Å². The molecule has 2 aliphatic rings. The van der Waals surface area contributed by atoms with Gasteiger partial charge in [-0.1, -0.05) is 44.2 Å². The molecular formula is C30H37F2N5O5. The van der Waals surface area contributed by atoms with Crippen LogP contribution in [-0.4, -0.2) is 71.8 Å². The number of alkyl halides is 2. The number of benzene rings is 1. The van der Waals surface area contributed by atoms with Gasteiger partial charge in [-0.15, -0.1) is 0 Å². The molecule has 1 fully saturated rings. The highest BCUT2D eigenvalue weighted by atomic mass is 19.1. The first-order chi connectivity index (χ1) is 20.0. The summed E-state index contributed by atoms with van der Waals surface area (Å²) in [6.07, 6.45) is 2.15. The summed E-state index contributed by atoms with van der Waals surface area (Å²) in [7, 11) is 0. The molecule has 0 radical (unpaired) electrons. The third-order valence-corrected chi connectivity index (χ3v) is 7.61. The number of nitrogens with one attached hydrogen (secondary N) is 3. The molecule has 1 aromatic carbocycles. The molecule has 2 aromatic rings. The fraction of sp³-hybridized carbons (Fsp3) is 0.500. The third-order valence-electron chi connectivity index (χ3n) is 7.61. The first-order valence-corrected chi connectivity index (χ1v) is 14.1. The van der Waals surface area contributed by atoms with E-state index in [0.717, 1.165) is 11.5 Å². The minimum absolute atomic E-state index is 0.304. The van der Waals surface area contributed by atoms with Gasteiger partial charge in [0.05, 0.1) is 17.3 Å². The SMILES string of the molecule is CC1NC(=O)C(C(C)C)OC(=O)C(CF)(CF)C=Cc2ccc3ccc(nc3c2)C(C)NC(=O)C2CCCN(N2)C1=O. The molecule has 10 nitrogen and oxygen atoms in total. The molecular weight excluding hydrogens is 548 g/mol. The Morgan fingerprint density at radius 2 is 1.71 bits per heavy atom. The fourth-order valence-electron chi connectivity index (χ4n) is 4.89. The lowest BCUT2D eigenvalue weighted by atomic mass is 9.89. The van der Waals surface area contributed by atoms with E-state index in [0.29, 0.717) is 36.2 Å². The summed E-state index contributed by atoms with van der Waals surface area (Å²) in [4.78, 5) is 57.3. The zero-order chi connectivity index (χ0) is 30.6. The Morgan fingerprint density at radius 1 is 1.02 bits per heavy atom. The number of ether oxygens (including phenoxy) is 1. The van der Waals surface area contributed by atoms with Crippen LogP contribution in [0.3, 0.4) is 0 Å². The fourth-order valence-corrected chi connectivity index (χ4v) is 4.89. The summed E-state index contributed by atoms with van der Waals surface area (Å²) in [6, 6.07) is 6.67. The number of hydrogen-bond acceptors (Lipinski definition) is 7. The molecule has 4 atom stereocenters. The Bertz CT molecular complexity index is 1380. The summed E-state index contributed by atoms with van der Waals surface area (Å²) >= 11 is 0. The smallest absolute Gasteiger partial charge is 0.322 e. The van der Waals surface area contributed by atoms with Crippen LogP contribution in [0.25, 0.3) is 17.0 Å². The van der Waals surface area contributed by atoms with Crippen molar-refractivity contribution >= 4 is 40.7 Å². The zero-order valence-corrected chi connectivity index (χ0v) is 24.2. The molecule has 0 saturated carbocycles. The van der Waals surface area contributed by atoms with Crippen LogP contribution in [0.4, 0.5) is 8.78 Å². The van der Waals surface area contributed by atoms with Gasteiger partial charge in [-0.3, -0.25) is 29.2 Å². The second-order valence-corrected chi connectivity index (χ2v) is 11.3. The van der Waals surface area contributed by atoms with Gasteiger partial charge in [0.2, 0.25) is 5.91 Å². The number of halogens is 2. The molecule has 42 heavy (non-hydrogen) atoms. The van der Waals surface area contributed by atoms with E-state index >= 15 is 0 Å². The average Bonchev–Trinajstić information content (AvgIpc) is 2.99. The van der Waals surface area contributed by atoms with Crippen LogP contribution in [-0.2, 0) is 23.9 Å². The molecule has 0 spiro atoms. The van der Waals surface area contributed by atoms with E-state index in [1.165, 1.54) is 18.0 Å². The van der Waals surface area contributed by atoms with E-state index < -0.39 is 66.7 Å². The van der Waals surface area contributed by atoms with Gasteiger partial charge in [0.25, 0.3) is 11.8 Å². The minimum atomic E-state index is -2.27. The number of carbonyl (C=O) groups is 4. The number of hydrazine groups is 1. The molecule has 4 unspecified atom stereocenters. The minimum Gasteiger partial charge on any atom is -0.451 e. The van der Waals surface area contributed by atoms with Gasteiger partial charge < -0.3 is 15.4 Å². The highest BCUT2D eigenvalue weighted by molar-refractivity contribution is 5.92. The third kappa shape index (κ3) is 6.59. The molecule has 3 heterocycles. The lowest BCUT2D eigenvalue weighted by Gasteiger charge is -2.35. The Balaban J connectivity index is 1.75. The monoisotopic (exact) mass is 585 g/mol. The van der Waals surface area contributed by atoms with E-state index in [9.17, 15) is 28.0 Å². The van der Waals surface area contributed by atoms with Crippen LogP contribution >= 0.6 is 0 Å². The van der Waals surface area contributed by atoms with Crippen molar-refractivity contribution in [2.45, 2.75) is 64.8 Å². The van der Waals surface area contributed by atoms with Crippen LogP contribution in [0.5, 0.6) is 0 Å². The first kappa shape index (κ1) is 31.0. The van der Waals surface area contributed by atoms with E-state index in [4.69, 9.17) is 4.74 Å². The molecule has 226 valence electrons. The van der Waals surface area contributed by atoms with Gasteiger partial charge >= 0.3 is 5.97 Å². The maximum absolute atomic E-state index is 14.3. The van der Waals surface area contributed by atoms with Crippen molar-refractivity contribution in [1.29, 1.82) is 0 Å². The van der Waals surface area contributed by atoms with Crippen molar-refractivity contribution in [3.63, 3.8) is 0 Å². The molecule has 1 aromatic heterocycles. The van der Waals surface area contributed by atoms with Crippen LogP contribution < -0.4 is 16.1 Å². The standard InChI is InChI=1S/C30H37F2N5O5/c1-17(2)25-27(39)34-19(4)28(40)37-13-5-6-23(36-37)26(38)33-18(3)22-10-9-21-8-7-20(14-24(21)35-22)11-12-30(15-31,16-32)29(41)42-25/h7-12,14,17-19,23,25,36H,5-6,13,15-16H2,1-4H3,(H,33,38)(H,34,39). The Morgan fingerprint density at radius 3 is 2.40 bits per heavy atom. The number of aromatic nitrogens is 1. The van der Waals surface area contributed by atoms with E-state index in [2.05, 4.69) is 21.0 Å². The summed E-state index contributed by atoms with van der Waals surface area (Å²) in [5, 5.41) is 7.58. The largest absolute Gasteiger partial charge is 0.451 e. The number of hydrogen-bond donors (Lipinski definition) is 3. The predicted molar refractivity (Wildman–Crippen MR) is 152 cm³/mol. The van der Waals surface area contributed by atoms with Crippen LogP contribution in [0.15, 0.2) is 36.4 Å². The van der Waals surface area contributed by atoms with Crippen LogP contribution in [0.2, 0.25) is 0 Å². The average molecular weight is 586 g/mol. The highest BCUT2D eigenvalue weighted by Crippen LogP contribution is 2.28. The maximum atomic E-state index is 14.3. The number of carbonyl (C=O) groups excluding carboxylic acids is 4. The maximum Gasteiger partial charge on any atom is 0.322 e. The topological polar surface area (TPSA) is 130 Å². The van der Waals surface area contributed by atoms with Crippen molar-refractivity contribution in [3.8, 4) is 0 Å². The molecule has 12 heteroatoms. The van der Waals surface area contributed by atoms with E-state index in [1.54, 1.807) is 45.0 Å². The van der Waals surface area contributed by atoms with Crippen LogP contribution in [0, 0.1) is 11.3 Å². The second kappa shape index (κ2) is 12.9. The van der Waals surface area contributed by atoms with E-state index in [1.807, 2.05) is 6.07 Å². The molecule has 3 amide bonds. The second-order valence-electron chi connectivity index (χ2n) is 11.3. The Hall–Kier alpha value is -3.93. The van der Waals surface area contributed by atoms with E-state index in [-0.39, 0.29) is 5.91 Å². The van der Waals surface area contributed by atoms with Crippen molar-refractivity contribution < 1.29 is 32.7 Å². The van der Waals surface area contributed by atoms with Gasteiger partial charge in [-0.2, -0.15) is 0 Å². The summed E-state index contributed by atoms with van der Waals surface area (Å²) in [5.41, 5.74) is 2.38. The molecule has 0 aliphatic carbocycles. The van der Waals surface area contributed by atoms with Crippen molar-refractivity contribution in [2.24, 2.45) is 11.3 Å². The zero-order valence-electron chi connectivity index (χ0n) is 24.2. The molecule has 4 rings (SSSR count). The lowest BCUT2D eigenvalue weighted by Crippen LogP contribution is -2.61. The molecule has 5 bridgehead atoms. The van der Waals surface area contributed by atoms with Gasteiger partial charge in [0.1, 0.15) is 30.8 Å². The first-order valence-electron chi connectivity index (χ1n) is 14.1. The number of fused-ring (bicyclic) bond motifs is 4. The molecule has 1 saturated heterocycles.